The molecule has 2 aromatic rings. The quantitative estimate of drug-likeness (QED) is 0.523. The molecule has 1 aliphatic carbocycles. The monoisotopic (exact) mass is 480 g/mol. The summed E-state index contributed by atoms with van der Waals surface area (Å²) in [5.41, 5.74) is 1.92. The van der Waals surface area contributed by atoms with E-state index in [0.717, 1.165) is 5.56 Å². The maximum Gasteiger partial charge on any atom is 0.268 e. The Morgan fingerprint density at radius 2 is 2.03 bits per heavy atom. The van der Waals surface area contributed by atoms with Crippen LogP contribution in [-0.2, 0) is 16.1 Å². The number of rotatable bonds is 10. The molecule has 2 fully saturated rings. The molecular weight excluding hydrogens is 452 g/mol. The second kappa shape index (κ2) is 9.91. The van der Waals surface area contributed by atoms with Gasteiger partial charge in [0.2, 0.25) is 11.8 Å². The topological polar surface area (TPSA) is 121 Å². The summed E-state index contributed by atoms with van der Waals surface area (Å²) in [6.45, 7) is 1.38. The van der Waals surface area contributed by atoms with Gasteiger partial charge in [0.05, 0.1) is 19.4 Å². The van der Waals surface area contributed by atoms with Crippen molar-refractivity contribution in [3.05, 3.63) is 47.7 Å². The highest BCUT2D eigenvalue weighted by molar-refractivity contribution is 6.03. The first kappa shape index (κ1) is 23.1. The molecule has 0 bridgehead atoms. The summed E-state index contributed by atoms with van der Waals surface area (Å²) in [6, 6.07) is 8.84. The maximum atomic E-state index is 13.0. The van der Waals surface area contributed by atoms with E-state index in [0.29, 0.717) is 54.9 Å². The first-order valence-corrected chi connectivity index (χ1v) is 11.9. The molecule has 35 heavy (non-hydrogen) atoms. The summed E-state index contributed by atoms with van der Waals surface area (Å²) >= 11 is 0. The predicted octanol–water partition coefficient (Wildman–Crippen LogP) is 1.12. The largest absolute Gasteiger partial charge is 0.479 e. The molecule has 1 saturated carbocycles. The number of anilines is 1. The van der Waals surface area contributed by atoms with E-state index in [-0.39, 0.29) is 37.4 Å². The summed E-state index contributed by atoms with van der Waals surface area (Å²) in [5, 5.41) is 11.4. The Morgan fingerprint density at radius 1 is 1.17 bits per heavy atom. The van der Waals surface area contributed by atoms with Crippen LogP contribution in [0.3, 0.4) is 0 Å². The summed E-state index contributed by atoms with van der Waals surface area (Å²) in [4.78, 5) is 45.1. The van der Waals surface area contributed by atoms with E-state index in [1.807, 2.05) is 12.1 Å². The number of hydrogen-bond acceptors (Lipinski definition) is 7. The number of ether oxygens (including phenoxy) is 2. The lowest BCUT2D eigenvalue weighted by Gasteiger charge is -2.18. The zero-order chi connectivity index (χ0) is 24.4. The van der Waals surface area contributed by atoms with Crippen molar-refractivity contribution in [3.8, 4) is 11.6 Å². The number of pyridine rings is 1. The van der Waals surface area contributed by atoms with Crippen molar-refractivity contribution in [2.75, 3.05) is 37.7 Å². The first-order valence-electron chi connectivity index (χ1n) is 11.9. The van der Waals surface area contributed by atoms with Crippen LogP contribution in [0.2, 0.25) is 0 Å². The molecule has 2 aliphatic heterocycles. The van der Waals surface area contributed by atoms with Crippen LogP contribution >= 0.6 is 0 Å². The number of carbonyl (C=O) groups is 3. The fourth-order valence-corrected chi connectivity index (χ4v) is 4.26. The van der Waals surface area contributed by atoms with Gasteiger partial charge in [0.1, 0.15) is 12.3 Å². The van der Waals surface area contributed by atoms with Gasteiger partial charge in [-0.15, -0.1) is 0 Å². The van der Waals surface area contributed by atoms with Gasteiger partial charge >= 0.3 is 0 Å². The number of aromatic nitrogens is 1. The number of fused-ring (bicyclic) bond motifs is 1. The third kappa shape index (κ3) is 5.22. The van der Waals surface area contributed by atoms with Gasteiger partial charge in [0.25, 0.3) is 11.8 Å². The molecular formula is C25H28N4O6. The van der Waals surface area contributed by atoms with E-state index < -0.39 is 6.10 Å². The Morgan fingerprint density at radius 3 is 2.77 bits per heavy atom. The van der Waals surface area contributed by atoms with E-state index in [4.69, 9.17) is 14.6 Å². The Bertz CT molecular complexity index is 1120. The van der Waals surface area contributed by atoms with Gasteiger partial charge in [0, 0.05) is 43.4 Å². The molecule has 10 nitrogen and oxygen atoms in total. The molecule has 3 aliphatic rings. The van der Waals surface area contributed by atoms with Crippen molar-refractivity contribution >= 4 is 23.4 Å². The molecule has 3 heterocycles. The van der Waals surface area contributed by atoms with Crippen LogP contribution < -0.4 is 19.7 Å². The number of nitrogens with one attached hydrogen (secondary N) is 1. The lowest BCUT2D eigenvalue weighted by Crippen LogP contribution is -2.38. The number of amides is 3. The summed E-state index contributed by atoms with van der Waals surface area (Å²) in [5.74, 6) is 0.936. The summed E-state index contributed by atoms with van der Waals surface area (Å²) < 4.78 is 11.5. The van der Waals surface area contributed by atoms with Crippen LogP contribution in [0.15, 0.2) is 36.5 Å². The van der Waals surface area contributed by atoms with Crippen LogP contribution in [-0.4, -0.2) is 71.7 Å². The Labute approximate surface area is 202 Å². The van der Waals surface area contributed by atoms with Crippen LogP contribution in [0.5, 0.6) is 11.6 Å². The Kier molecular flexibility index (Phi) is 6.54. The van der Waals surface area contributed by atoms with Gasteiger partial charge < -0.3 is 29.7 Å². The van der Waals surface area contributed by atoms with E-state index in [1.54, 1.807) is 29.3 Å². The molecule has 1 saturated heterocycles. The van der Waals surface area contributed by atoms with Gasteiger partial charge in [-0.3, -0.25) is 14.4 Å². The van der Waals surface area contributed by atoms with Gasteiger partial charge in [0.15, 0.2) is 6.10 Å². The minimum Gasteiger partial charge on any atom is -0.479 e. The molecule has 2 N–H and O–H groups in total. The summed E-state index contributed by atoms with van der Waals surface area (Å²) in [6.07, 6.45) is 3.87. The van der Waals surface area contributed by atoms with Crippen molar-refractivity contribution in [1.82, 2.24) is 15.2 Å². The SMILES string of the molecule is O=C(CN1Cc2ccc(N3CC[C@@H](Oc4ccc(OCC5CC5)nc4)C3=O)cc2C1=O)NCCO. The molecule has 1 atom stereocenters. The average molecular weight is 481 g/mol. The van der Waals surface area contributed by atoms with Crippen LogP contribution in [0.1, 0.15) is 35.2 Å². The van der Waals surface area contributed by atoms with Crippen molar-refractivity contribution in [2.45, 2.75) is 31.9 Å². The second-order valence-corrected chi connectivity index (χ2v) is 9.05. The molecule has 5 rings (SSSR count). The molecule has 1 aromatic carbocycles. The van der Waals surface area contributed by atoms with E-state index in [9.17, 15) is 14.4 Å². The highest BCUT2D eigenvalue weighted by Gasteiger charge is 2.36. The number of nitrogens with zero attached hydrogens (tertiary/aromatic N) is 3. The van der Waals surface area contributed by atoms with E-state index in [2.05, 4.69) is 10.3 Å². The standard InChI is InChI=1S/C25H28N4O6/c30-10-8-26-22(31)14-28-13-17-3-4-18(11-20(17)24(28)32)29-9-7-21(25(29)33)35-19-5-6-23(27-12-19)34-15-16-1-2-16/h3-6,11-12,16,21,30H,1-2,7-10,13-15H2,(H,26,31)/t21-/m1/s1. The normalized spacial score (nSPS) is 19.2. The number of aliphatic hydroxyl groups is 1. The van der Waals surface area contributed by atoms with E-state index >= 15 is 0 Å². The Balaban J connectivity index is 1.19. The zero-order valence-electron chi connectivity index (χ0n) is 19.3. The highest BCUT2D eigenvalue weighted by atomic mass is 16.5. The molecule has 3 amide bonds. The summed E-state index contributed by atoms with van der Waals surface area (Å²) in [7, 11) is 0. The number of carbonyl (C=O) groups excluding carboxylic acids is 3. The van der Waals surface area contributed by atoms with Crippen molar-refractivity contribution in [2.24, 2.45) is 5.92 Å². The van der Waals surface area contributed by atoms with Gasteiger partial charge in [-0.1, -0.05) is 6.07 Å². The molecule has 184 valence electrons. The predicted molar refractivity (Wildman–Crippen MR) is 125 cm³/mol. The lowest BCUT2D eigenvalue weighted by molar-refractivity contribution is -0.123. The van der Waals surface area contributed by atoms with E-state index in [1.165, 1.54) is 17.7 Å². The minimum atomic E-state index is -0.634. The third-order valence-corrected chi connectivity index (χ3v) is 6.36. The zero-order valence-corrected chi connectivity index (χ0v) is 19.3. The fraction of sp³-hybridized carbons (Fsp3) is 0.440. The van der Waals surface area contributed by atoms with Crippen molar-refractivity contribution < 1.29 is 29.0 Å². The van der Waals surface area contributed by atoms with Gasteiger partial charge in [-0.2, -0.15) is 0 Å². The molecule has 0 spiro atoms. The maximum absolute atomic E-state index is 13.0. The molecule has 10 heteroatoms. The van der Waals surface area contributed by atoms with Crippen LogP contribution in [0.4, 0.5) is 5.69 Å². The smallest absolute Gasteiger partial charge is 0.268 e. The number of benzene rings is 1. The van der Waals surface area contributed by atoms with Crippen LogP contribution in [0.25, 0.3) is 0 Å². The molecule has 1 aromatic heterocycles. The lowest BCUT2D eigenvalue weighted by atomic mass is 10.1. The molecule has 0 radical (unpaired) electrons. The Hall–Kier alpha value is -3.66. The first-order chi connectivity index (χ1) is 17.0. The fourth-order valence-electron chi connectivity index (χ4n) is 4.26. The van der Waals surface area contributed by atoms with Crippen LogP contribution in [0, 0.1) is 5.92 Å². The van der Waals surface area contributed by atoms with Crippen molar-refractivity contribution in [1.29, 1.82) is 0 Å². The highest BCUT2D eigenvalue weighted by Crippen LogP contribution is 2.31. The van der Waals surface area contributed by atoms with Crippen molar-refractivity contribution in [3.63, 3.8) is 0 Å². The minimum absolute atomic E-state index is 0.0835. The second-order valence-electron chi connectivity index (χ2n) is 9.05. The van der Waals surface area contributed by atoms with Gasteiger partial charge in [-0.25, -0.2) is 4.98 Å². The average Bonchev–Trinajstić information content (AvgIpc) is 3.57. The van der Waals surface area contributed by atoms with Gasteiger partial charge in [-0.05, 0) is 42.5 Å². The number of aliphatic hydroxyl groups excluding tert-OH is 1. The third-order valence-electron chi connectivity index (χ3n) is 6.36. The molecule has 0 unspecified atom stereocenters. The number of hydrogen-bond donors (Lipinski definition) is 2.